The highest BCUT2D eigenvalue weighted by Gasteiger charge is 2.16. The van der Waals surface area contributed by atoms with Crippen LogP contribution in [0.25, 0.3) is 0 Å². The van der Waals surface area contributed by atoms with E-state index in [1.165, 1.54) is 32.1 Å². The number of hydrogen-bond acceptors (Lipinski definition) is 6. The molecule has 1 aromatic carbocycles. The van der Waals surface area contributed by atoms with Crippen LogP contribution in [-0.2, 0) is 25.7 Å². The molecule has 45 heavy (non-hydrogen) atoms. The largest absolute Gasteiger partial charge is 0.481 e. The summed E-state index contributed by atoms with van der Waals surface area (Å²) in [6.07, 6.45) is 15.9. The normalized spacial score (nSPS) is 11.6. The van der Waals surface area contributed by atoms with Gasteiger partial charge in [-0.05, 0) is 49.8 Å². The summed E-state index contributed by atoms with van der Waals surface area (Å²) in [5.41, 5.74) is 7.18. The number of amides is 2. The van der Waals surface area contributed by atoms with Gasteiger partial charge in [-0.25, -0.2) is 0 Å². The highest BCUT2D eigenvalue weighted by Crippen LogP contribution is 2.15. The highest BCUT2D eigenvalue weighted by atomic mass is 16.4. The molecule has 1 aromatic rings. The van der Waals surface area contributed by atoms with Crippen LogP contribution < -0.4 is 11.1 Å². The molecule has 0 aliphatic rings. The minimum atomic E-state index is -0.947. The lowest BCUT2D eigenvalue weighted by Gasteiger charge is -2.22. The summed E-state index contributed by atoms with van der Waals surface area (Å²) in [6.45, 7) is 2.73. The van der Waals surface area contributed by atoms with Crippen LogP contribution in [0.3, 0.4) is 0 Å². The van der Waals surface area contributed by atoms with Crippen molar-refractivity contribution in [3.05, 3.63) is 35.4 Å². The molecule has 0 radical (unpaired) electrons. The Hall–Kier alpha value is -3.27. The molecule has 10 heteroatoms. The molecule has 0 aromatic heterocycles. The molecule has 0 fully saturated rings. The van der Waals surface area contributed by atoms with Crippen LogP contribution in [0.15, 0.2) is 24.3 Å². The molecule has 0 spiro atoms. The first-order chi connectivity index (χ1) is 21.6. The zero-order valence-electron chi connectivity index (χ0n) is 27.4. The molecular formula is C35H57N3O7. The van der Waals surface area contributed by atoms with Gasteiger partial charge in [0.1, 0.15) is 5.78 Å². The number of nitrogens with one attached hydrogen (secondary N) is 1. The first-order valence-corrected chi connectivity index (χ1v) is 17.0. The fourth-order valence-electron chi connectivity index (χ4n) is 5.20. The number of carboxylic acids is 2. The lowest BCUT2D eigenvalue weighted by molar-refractivity contribution is -0.139. The van der Waals surface area contributed by atoms with Crippen molar-refractivity contribution in [3.63, 3.8) is 0 Å². The molecule has 5 N–H and O–H groups in total. The van der Waals surface area contributed by atoms with Gasteiger partial charge in [0.2, 0.25) is 5.91 Å². The second-order valence-electron chi connectivity index (χ2n) is 12.0. The average Bonchev–Trinajstić information content (AvgIpc) is 3.02. The van der Waals surface area contributed by atoms with Gasteiger partial charge in [0, 0.05) is 44.5 Å². The van der Waals surface area contributed by atoms with Crippen LogP contribution >= 0.6 is 0 Å². The van der Waals surface area contributed by atoms with E-state index in [0.29, 0.717) is 37.9 Å². The van der Waals surface area contributed by atoms with Gasteiger partial charge in [0.25, 0.3) is 5.91 Å². The minimum absolute atomic E-state index is 0.0523. The quantitative estimate of drug-likeness (QED) is 0.0788. The van der Waals surface area contributed by atoms with Gasteiger partial charge in [0.15, 0.2) is 0 Å². The monoisotopic (exact) mass is 631 g/mol. The number of ketones is 1. The van der Waals surface area contributed by atoms with E-state index in [9.17, 15) is 24.0 Å². The first-order valence-electron chi connectivity index (χ1n) is 17.0. The standard InChI is InChI=1S/C35H57N3O7/c1-2-31(39)30(36)17-15-16-25-37-35(45)29-22-20-28(21-23-29)27-38(26-24-34(43)44)32(40)18-13-11-9-7-5-3-4-6-8-10-12-14-19-33(41)42/h20-23,30H,2-19,24-27,36H2,1H3,(H,37,45)(H,41,42)(H,43,44)/t30-/m0/s1. The van der Waals surface area contributed by atoms with Crippen molar-refractivity contribution in [2.45, 2.75) is 142 Å². The minimum Gasteiger partial charge on any atom is -0.481 e. The maximum atomic E-state index is 13.0. The Bertz CT molecular complexity index is 1010. The fraction of sp³-hybridized carbons (Fsp3) is 0.686. The number of carbonyl (C=O) groups is 5. The summed E-state index contributed by atoms with van der Waals surface area (Å²) in [5, 5.41) is 20.7. The maximum Gasteiger partial charge on any atom is 0.305 e. The number of nitrogens with two attached hydrogens (primary N) is 1. The molecule has 0 aliphatic heterocycles. The van der Waals surface area contributed by atoms with Gasteiger partial charge in [-0.2, -0.15) is 0 Å². The van der Waals surface area contributed by atoms with Crippen molar-refractivity contribution in [3.8, 4) is 0 Å². The Kier molecular flexibility index (Phi) is 22.1. The Morgan fingerprint density at radius 3 is 1.73 bits per heavy atom. The lowest BCUT2D eigenvalue weighted by atomic mass is 10.0. The van der Waals surface area contributed by atoms with Crippen molar-refractivity contribution in [1.82, 2.24) is 10.2 Å². The summed E-state index contributed by atoms with van der Waals surface area (Å²) in [4.78, 5) is 60.3. The molecule has 0 heterocycles. The predicted molar refractivity (Wildman–Crippen MR) is 176 cm³/mol. The van der Waals surface area contributed by atoms with E-state index in [2.05, 4.69) is 5.32 Å². The molecular weight excluding hydrogens is 574 g/mol. The van der Waals surface area contributed by atoms with Crippen LogP contribution in [0, 0.1) is 0 Å². The third-order valence-corrected chi connectivity index (χ3v) is 8.06. The predicted octanol–water partition coefficient (Wildman–Crippen LogP) is 6.24. The number of rotatable bonds is 28. The van der Waals surface area contributed by atoms with E-state index < -0.39 is 18.0 Å². The first kappa shape index (κ1) is 39.8. The van der Waals surface area contributed by atoms with Crippen LogP contribution in [0.2, 0.25) is 0 Å². The zero-order valence-corrected chi connectivity index (χ0v) is 27.4. The number of aliphatic carboxylic acids is 2. The lowest BCUT2D eigenvalue weighted by Crippen LogP contribution is -2.32. The van der Waals surface area contributed by atoms with Crippen molar-refractivity contribution in [2.75, 3.05) is 13.1 Å². The Labute approximate surface area is 269 Å². The number of carboxylic acid groups (broad SMARTS) is 2. The van der Waals surface area contributed by atoms with Crippen LogP contribution in [-0.4, -0.2) is 63.8 Å². The number of Topliss-reactive ketones (excluding diaryl/α,β-unsaturated/α-hetero) is 1. The van der Waals surface area contributed by atoms with Crippen LogP contribution in [0.4, 0.5) is 0 Å². The van der Waals surface area contributed by atoms with Crippen molar-refractivity contribution in [2.24, 2.45) is 5.73 Å². The number of carbonyl (C=O) groups excluding carboxylic acids is 3. The van der Waals surface area contributed by atoms with Crippen molar-refractivity contribution < 1.29 is 34.2 Å². The Morgan fingerprint density at radius 1 is 0.711 bits per heavy atom. The molecule has 1 atom stereocenters. The number of hydrogen-bond donors (Lipinski definition) is 4. The van der Waals surface area contributed by atoms with Crippen molar-refractivity contribution in [1.29, 1.82) is 0 Å². The molecule has 0 unspecified atom stereocenters. The summed E-state index contributed by atoms with van der Waals surface area (Å²) < 4.78 is 0. The van der Waals surface area contributed by atoms with E-state index in [-0.39, 0.29) is 37.0 Å². The number of unbranched alkanes of at least 4 members (excludes halogenated alkanes) is 12. The molecule has 2 amide bonds. The number of nitrogens with zero attached hydrogens (tertiary/aromatic N) is 1. The summed E-state index contributed by atoms with van der Waals surface area (Å²) >= 11 is 0. The molecule has 10 nitrogen and oxygen atoms in total. The molecule has 0 aliphatic carbocycles. The van der Waals surface area contributed by atoms with Gasteiger partial charge < -0.3 is 26.2 Å². The zero-order chi connectivity index (χ0) is 33.3. The third-order valence-electron chi connectivity index (χ3n) is 8.06. The smallest absolute Gasteiger partial charge is 0.305 e. The fourth-order valence-corrected chi connectivity index (χ4v) is 5.20. The van der Waals surface area contributed by atoms with Crippen molar-refractivity contribution >= 4 is 29.5 Å². The van der Waals surface area contributed by atoms with Gasteiger partial charge in [-0.3, -0.25) is 24.0 Å². The Morgan fingerprint density at radius 2 is 1.22 bits per heavy atom. The average molecular weight is 632 g/mol. The summed E-state index contributed by atoms with van der Waals surface area (Å²) in [5.74, 6) is -1.86. The van der Waals surface area contributed by atoms with E-state index in [1.54, 1.807) is 36.1 Å². The molecule has 0 bridgehead atoms. The van der Waals surface area contributed by atoms with Gasteiger partial charge in [0.05, 0.1) is 12.5 Å². The SMILES string of the molecule is CCC(=O)[C@@H](N)CCCCNC(=O)c1ccc(CN(CCC(=O)O)C(=O)CCCCCCCCCCCCCCC(=O)O)cc1. The molecule has 0 saturated heterocycles. The van der Waals surface area contributed by atoms with Gasteiger partial charge in [-0.1, -0.05) is 83.3 Å². The second-order valence-corrected chi connectivity index (χ2v) is 12.0. The van der Waals surface area contributed by atoms with Gasteiger partial charge in [-0.15, -0.1) is 0 Å². The van der Waals surface area contributed by atoms with Crippen LogP contribution in [0.5, 0.6) is 0 Å². The molecule has 0 saturated carbocycles. The topological polar surface area (TPSA) is 167 Å². The van der Waals surface area contributed by atoms with E-state index in [4.69, 9.17) is 15.9 Å². The van der Waals surface area contributed by atoms with Gasteiger partial charge >= 0.3 is 11.9 Å². The Balaban J connectivity index is 2.32. The highest BCUT2D eigenvalue weighted by molar-refractivity contribution is 5.94. The molecule has 1 rings (SSSR count). The van der Waals surface area contributed by atoms with E-state index in [1.807, 2.05) is 0 Å². The molecule has 254 valence electrons. The van der Waals surface area contributed by atoms with E-state index in [0.717, 1.165) is 63.4 Å². The third kappa shape index (κ3) is 20.4. The summed E-state index contributed by atoms with van der Waals surface area (Å²) in [6, 6.07) is 6.58. The number of benzene rings is 1. The maximum absolute atomic E-state index is 13.0. The van der Waals surface area contributed by atoms with Crippen LogP contribution in [0.1, 0.15) is 145 Å². The van der Waals surface area contributed by atoms with E-state index >= 15 is 0 Å². The summed E-state index contributed by atoms with van der Waals surface area (Å²) in [7, 11) is 0. The second kappa shape index (κ2) is 25.0.